The molecule has 0 spiro atoms. The summed E-state index contributed by atoms with van der Waals surface area (Å²) < 4.78 is 0. The highest BCUT2D eigenvalue weighted by Crippen LogP contribution is 2.35. The summed E-state index contributed by atoms with van der Waals surface area (Å²) in [6.07, 6.45) is 3.57. The van der Waals surface area contributed by atoms with E-state index in [2.05, 4.69) is 10.6 Å². The Morgan fingerprint density at radius 3 is 1.96 bits per heavy atom. The molecule has 0 unspecified atom stereocenters. The van der Waals surface area contributed by atoms with Gasteiger partial charge in [0.15, 0.2) is 0 Å². The van der Waals surface area contributed by atoms with Gasteiger partial charge in [-0.1, -0.05) is 18.2 Å². The second-order valence-electron chi connectivity index (χ2n) is 5.36. The summed E-state index contributed by atoms with van der Waals surface area (Å²) in [7, 11) is 1.82. The molecule has 1 aliphatic heterocycles. The standard InChI is InChI=1S/C18H23N3O2S/c1-4-19-17(22)14-11-21(3)12-15(18(23)20-5-2)16(14)24-13-9-7-6-8-10-13/h6-12,16H,4-5H2,1-3H3,(H,19,22)(H,20,23). The van der Waals surface area contributed by atoms with E-state index in [4.69, 9.17) is 0 Å². The first-order chi connectivity index (χ1) is 11.6. The zero-order valence-electron chi connectivity index (χ0n) is 14.2. The third-order valence-electron chi connectivity index (χ3n) is 3.45. The van der Waals surface area contributed by atoms with Gasteiger partial charge in [-0.05, 0) is 26.0 Å². The van der Waals surface area contributed by atoms with Crippen LogP contribution in [0.2, 0.25) is 0 Å². The topological polar surface area (TPSA) is 61.4 Å². The number of likely N-dealkylation sites (N-methyl/N-ethyl adjacent to an activating group) is 2. The maximum atomic E-state index is 12.5. The van der Waals surface area contributed by atoms with Gasteiger partial charge in [-0.15, -0.1) is 11.8 Å². The van der Waals surface area contributed by atoms with E-state index in [0.717, 1.165) is 4.90 Å². The summed E-state index contributed by atoms with van der Waals surface area (Å²) in [5, 5.41) is 5.33. The fraction of sp³-hybridized carbons (Fsp3) is 0.333. The van der Waals surface area contributed by atoms with E-state index in [1.807, 2.05) is 51.2 Å². The van der Waals surface area contributed by atoms with Crippen molar-refractivity contribution in [2.24, 2.45) is 0 Å². The number of carbonyl (C=O) groups is 2. The molecule has 0 fully saturated rings. The molecule has 128 valence electrons. The van der Waals surface area contributed by atoms with Gasteiger partial charge in [0.25, 0.3) is 0 Å². The summed E-state index contributed by atoms with van der Waals surface area (Å²) in [5.74, 6) is -0.291. The van der Waals surface area contributed by atoms with Gasteiger partial charge in [0.2, 0.25) is 11.8 Å². The average Bonchev–Trinajstić information content (AvgIpc) is 2.57. The molecule has 2 rings (SSSR count). The summed E-state index contributed by atoms with van der Waals surface area (Å²) in [5.41, 5.74) is 1.16. The summed E-state index contributed by atoms with van der Waals surface area (Å²) in [6.45, 7) is 4.85. The molecule has 2 amide bonds. The Balaban J connectivity index is 2.37. The molecule has 1 aromatic rings. The van der Waals surface area contributed by atoms with Crippen LogP contribution in [0.3, 0.4) is 0 Å². The molecule has 0 radical (unpaired) electrons. The predicted octanol–water partition coefficient (Wildman–Crippen LogP) is 2.13. The largest absolute Gasteiger partial charge is 0.356 e. The van der Waals surface area contributed by atoms with Gasteiger partial charge in [-0.2, -0.15) is 0 Å². The summed E-state index contributed by atoms with van der Waals surface area (Å²) in [6, 6.07) is 9.80. The van der Waals surface area contributed by atoms with Crippen molar-refractivity contribution >= 4 is 23.6 Å². The molecule has 0 aliphatic carbocycles. The van der Waals surface area contributed by atoms with Gasteiger partial charge in [0, 0.05) is 37.4 Å². The second-order valence-corrected chi connectivity index (χ2v) is 6.54. The second kappa shape index (κ2) is 8.59. The molecule has 24 heavy (non-hydrogen) atoms. The van der Waals surface area contributed by atoms with Gasteiger partial charge >= 0.3 is 0 Å². The zero-order valence-corrected chi connectivity index (χ0v) is 15.0. The number of thioether (sulfide) groups is 1. The van der Waals surface area contributed by atoms with Crippen molar-refractivity contribution < 1.29 is 9.59 Å². The predicted molar refractivity (Wildman–Crippen MR) is 97.4 cm³/mol. The lowest BCUT2D eigenvalue weighted by atomic mass is 10.0. The van der Waals surface area contributed by atoms with Crippen molar-refractivity contribution in [3.8, 4) is 0 Å². The number of amides is 2. The molecular formula is C18H23N3O2S. The minimum atomic E-state index is -0.346. The van der Waals surface area contributed by atoms with Crippen LogP contribution in [0.1, 0.15) is 13.8 Å². The first kappa shape index (κ1) is 18.1. The van der Waals surface area contributed by atoms with E-state index in [1.165, 1.54) is 11.8 Å². The van der Waals surface area contributed by atoms with E-state index in [0.29, 0.717) is 24.2 Å². The van der Waals surface area contributed by atoms with Crippen LogP contribution in [-0.2, 0) is 9.59 Å². The fourth-order valence-corrected chi connectivity index (χ4v) is 3.60. The molecule has 0 saturated carbocycles. The van der Waals surface area contributed by atoms with Gasteiger partial charge in [-0.3, -0.25) is 9.59 Å². The smallest absolute Gasteiger partial charge is 0.250 e. The minimum absolute atomic E-state index is 0.146. The number of nitrogens with one attached hydrogen (secondary N) is 2. The monoisotopic (exact) mass is 345 g/mol. The maximum absolute atomic E-state index is 12.5. The van der Waals surface area contributed by atoms with E-state index in [1.54, 1.807) is 17.3 Å². The van der Waals surface area contributed by atoms with Crippen molar-refractivity contribution in [2.75, 3.05) is 20.1 Å². The van der Waals surface area contributed by atoms with Crippen LogP contribution in [0.25, 0.3) is 0 Å². The fourth-order valence-electron chi connectivity index (χ4n) is 2.42. The first-order valence-corrected chi connectivity index (χ1v) is 8.88. The molecule has 0 atom stereocenters. The van der Waals surface area contributed by atoms with Crippen molar-refractivity contribution in [3.05, 3.63) is 53.9 Å². The quantitative estimate of drug-likeness (QED) is 0.829. The molecule has 6 heteroatoms. The average molecular weight is 345 g/mol. The number of benzene rings is 1. The number of rotatable bonds is 6. The highest BCUT2D eigenvalue weighted by atomic mass is 32.2. The Labute approximate surface area is 147 Å². The van der Waals surface area contributed by atoms with Gasteiger partial charge in [-0.25, -0.2) is 0 Å². The van der Waals surface area contributed by atoms with Crippen LogP contribution in [-0.4, -0.2) is 42.1 Å². The van der Waals surface area contributed by atoms with Crippen LogP contribution in [0.4, 0.5) is 0 Å². The maximum Gasteiger partial charge on any atom is 0.250 e. The number of carbonyl (C=O) groups excluding carboxylic acids is 2. The molecule has 1 aromatic carbocycles. The highest BCUT2D eigenvalue weighted by molar-refractivity contribution is 8.00. The third-order valence-corrected chi connectivity index (χ3v) is 4.73. The lowest BCUT2D eigenvalue weighted by molar-refractivity contribution is -0.117. The third kappa shape index (κ3) is 4.41. The Morgan fingerprint density at radius 2 is 1.50 bits per heavy atom. The first-order valence-electron chi connectivity index (χ1n) is 8.00. The van der Waals surface area contributed by atoms with E-state index in [-0.39, 0.29) is 17.1 Å². The van der Waals surface area contributed by atoms with E-state index in [9.17, 15) is 9.59 Å². The molecular weight excluding hydrogens is 322 g/mol. The van der Waals surface area contributed by atoms with Crippen molar-refractivity contribution in [2.45, 2.75) is 24.0 Å². The van der Waals surface area contributed by atoms with Crippen LogP contribution in [0.5, 0.6) is 0 Å². The van der Waals surface area contributed by atoms with E-state index < -0.39 is 0 Å². The van der Waals surface area contributed by atoms with Gasteiger partial charge < -0.3 is 15.5 Å². The Morgan fingerprint density at radius 1 is 1.00 bits per heavy atom. The SMILES string of the molecule is CCNC(=O)C1=CN(C)C=C(C(=O)NCC)C1Sc1ccccc1. The summed E-state index contributed by atoms with van der Waals surface area (Å²) >= 11 is 1.51. The number of hydrogen-bond donors (Lipinski definition) is 2. The molecule has 1 aliphatic rings. The normalized spacial score (nSPS) is 14.7. The van der Waals surface area contributed by atoms with Crippen LogP contribution in [0.15, 0.2) is 58.8 Å². The van der Waals surface area contributed by atoms with Gasteiger partial charge in [0.1, 0.15) is 0 Å². The van der Waals surface area contributed by atoms with Crippen molar-refractivity contribution in [1.82, 2.24) is 15.5 Å². The molecule has 0 saturated heterocycles. The Bertz CT molecular complexity index is 619. The molecule has 0 aromatic heterocycles. The zero-order chi connectivity index (χ0) is 17.5. The van der Waals surface area contributed by atoms with Crippen molar-refractivity contribution in [3.63, 3.8) is 0 Å². The van der Waals surface area contributed by atoms with Crippen molar-refractivity contribution in [1.29, 1.82) is 0 Å². The molecule has 1 heterocycles. The lowest BCUT2D eigenvalue weighted by Crippen LogP contribution is -2.38. The molecule has 2 N–H and O–H groups in total. The Kier molecular flexibility index (Phi) is 6.49. The summed E-state index contributed by atoms with van der Waals surface area (Å²) in [4.78, 5) is 27.8. The molecule has 5 nitrogen and oxygen atoms in total. The Hall–Kier alpha value is -2.21. The number of hydrogen-bond acceptors (Lipinski definition) is 4. The van der Waals surface area contributed by atoms with Crippen LogP contribution in [0, 0.1) is 0 Å². The van der Waals surface area contributed by atoms with Crippen LogP contribution >= 0.6 is 11.8 Å². The van der Waals surface area contributed by atoms with Gasteiger partial charge in [0.05, 0.1) is 16.4 Å². The molecule has 0 bridgehead atoms. The minimum Gasteiger partial charge on any atom is -0.356 e. The highest BCUT2D eigenvalue weighted by Gasteiger charge is 2.32. The van der Waals surface area contributed by atoms with Crippen LogP contribution < -0.4 is 10.6 Å². The number of nitrogens with zero attached hydrogens (tertiary/aromatic N) is 1. The lowest BCUT2D eigenvalue weighted by Gasteiger charge is -2.28. The van der Waals surface area contributed by atoms with E-state index >= 15 is 0 Å².